The van der Waals surface area contributed by atoms with Crippen molar-refractivity contribution >= 4 is 80.1 Å². The summed E-state index contributed by atoms with van der Waals surface area (Å²) in [6.45, 7) is 9.42. The van der Waals surface area contributed by atoms with Crippen molar-refractivity contribution in [3.05, 3.63) is 214 Å². The third-order valence-electron chi connectivity index (χ3n) is 20.4. The molecule has 3 aromatic heterocycles. The number of pyridine rings is 1. The number of carbonyl (C=O) groups is 3. The molecule has 0 atom stereocenters. The van der Waals surface area contributed by atoms with Crippen molar-refractivity contribution in [1.29, 1.82) is 0 Å². The summed E-state index contributed by atoms with van der Waals surface area (Å²) < 4.78 is 234. The highest BCUT2D eigenvalue weighted by Crippen LogP contribution is 2.53. The third kappa shape index (κ3) is 13.4. The first-order valence-corrected chi connectivity index (χ1v) is 34.4. The number of benzene rings is 7. The number of allylic oxidation sites excluding steroid dienone is 1. The van der Waals surface area contributed by atoms with Crippen molar-refractivity contribution in [3.8, 4) is 33.7 Å². The van der Waals surface area contributed by atoms with E-state index in [9.17, 15) is 67.1 Å². The Kier molecular flexibility index (Phi) is 19.4. The molecule has 27 heteroatoms. The lowest BCUT2D eigenvalue weighted by molar-refractivity contribution is -0.144. The van der Waals surface area contributed by atoms with Gasteiger partial charge in [-0.25, -0.2) is 14.2 Å². The van der Waals surface area contributed by atoms with E-state index < -0.39 is 134 Å². The first kappa shape index (κ1) is 74.0. The van der Waals surface area contributed by atoms with Crippen molar-refractivity contribution < 1.29 is 94.3 Å². The predicted molar refractivity (Wildman–Crippen MR) is 372 cm³/mol. The molecule has 0 saturated heterocycles. The second-order valence-electron chi connectivity index (χ2n) is 26.9. The van der Waals surface area contributed by atoms with Gasteiger partial charge in [0.2, 0.25) is 0 Å². The Bertz CT molecular complexity index is 5350. The van der Waals surface area contributed by atoms with Gasteiger partial charge < -0.3 is 23.1 Å². The normalized spacial score (nSPS) is 15.7. The number of hydrogen-bond donors (Lipinski definition) is 0. The van der Waals surface area contributed by atoms with Crippen molar-refractivity contribution in [2.75, 3.05) is 13.2 Å². The van der Waals surface area contributed by atoms with E-state index in [1.54, 1.807) is 46.8 Å². The molecule has 13 rings (SSSR count). The summed E-state index contributed by atoms with van der Waals surface area (Å²) in [5.74, 6) is -2.80. The summed E-state index contributed by atoms with van der Waals surface area (Å²) in [6.07, 6.45) is -14.8. The number of hydrogen-bond acceptors (Lipinski definition) is 10. The monoisotopic (exact) mass is 1480 g/mol. The van der Waals surface area contributed by atoms with Crippen LogP contribution in [0.2, 0.25) is 0 Å². The quantitative estimate of drug-likeness (QED) is 0.0244. The Labute approximate surface area is 595 Å². The van der Waals surface area contributed by atoms with Crippen LogP contribution in [-0.2, 0) is 50.2 Å². The van der Waals surface area contributed by atoms with Gasteiger partial charge in [0.15, 0.2) is 0 Å². The summed E-state index contributed by atoms with van der Waals surface area (Å²) in [6, 6.07) is 16.9. The van der Waals surface area contributed by atoms with Crippen molar-refractivity contribution in [2.24, 2.45) is 4.99 Å². The molecule has 2 saturated carbocycles. The highest BCUT2D eigenvalue weighted by atomic mass is 19.4. The number of rotatable bonds is 15. The van der Waals surface area contributed by atoms with E-state index in [2.05, 4.69) is 0 Å². The summed E-state index contributed by atoms with van der Waals surface area (Å²) in [5, 5.41) is -2.29. The number of aliphatic imine (C=N–C) groups is 1. The van der Waals surface area contributed by atoms with Crippen molar-refractivity contribution in [2.45, 2.75) is 149 Å². The average Bonchev–Trinajstić information content (AvgIpc) is 0.716. The van der Waals surface area contributed by atoms with Crippen LogP contribution in [-0.4, -0.2) is 53.3 Å². The van der Waals surface area contributed by atoms with Crippen LogP contribution < -0.4 is 15.9 Å². The summed E-state index contributed by atoms with van der Waals surface area (Å²) in [7, 11) is -3.22. The molecular weight excluding hydrogens is 1410 g/mol. The number of ether oxygens (including phenoxy) is 3. The number of nitrogens with zero attached hydrogens (tertiary/aromatic N) is 3. The van der Waals surface area contributed by atoms with Gasteiger partial charge in [0, 0.05) is 54.8 Å². The molecule has 7 aromatic carbocycles. The summed E-state index contributed by atoms with van der Waals surface area (Å²) in [5.41, 5.74) is -10.5. The van der Waals surface area contributed by atoms with Crippen LogP contribution in [0.4, 0.5) is 61.3 Å². The van der Waals surface area contributed by atoms with Crippen LogP contribution in [0.1, 0.15) is 176 Å². The Morgan fingerprint density at radius 3 is 1.56 bits per heavy atom. The minimum Gasteiger partial charge on any atom is -0.462 e. The maximum Gasteiger partial charge on any atom is 0.677 e. The number of fused-ring (bicyclic) bond motifs is 2. The lowest BCUT2D eigenvalue weighted by Gasteiger charge is -2.32. The first-order valence-electron chi connectivity index (χ1n) is 34.4. The van der Waals surface area contributed by atoms with Crippen LogP contribution in [0.5, 0.6) is 5.75 Å². The maximum absolute atomic E-state index is 16.1. The second kappa shape index (κ2) is 27.9. The van der Waals surface area contributed by atoms with E-state index in [1.165, 1.54) is 55.5 Å². The van der Waals surface area contributed by atoms with Gasteiger partial charge in [-0.15, -0.1) is 0 Å². The number of carbonyl (C=O) groups excluding carboxylic acids is 3. The largest absolute Gasteiger partial charge is 0.677 e. The molecule has 12 nitrogen and oxygen atoms in total. The van der Waals surface area contributed by atoms with Crippen LogP contribution in [0, 0.1) is 13.8 Å². The maximum atomic E-state index is 16.1. The van der Waals surface area contributed by atoms with E-state index >= 15 is 18.2 Å². The number of esters is 3. The van der Waals surface area contributed by atoms with E-state index in [1.807, 2.05) is 0 Å². The molecule has 0 N–H and O–H groups in total. The van der Waals surface area contributed by atoms with E-state index in [-0.39, 0.29) is 121 Å². The molecule has 2 fully saturated rings. The van der Waals surface area contributed by atoms with Gasteiger partial charge in [-0.05, 0) is 208 Å². The van der Waals surface area contributed by atoms with E-state index in [4.69, 9.17) is 23.6 Å². The van der Waals surface area contributed by atoms with Gasteiger partial charge in [-0.2, -0.15) is 52.7 Å². The van der Waals surface area contributed by atoms with Gasteiger partial charge in [-0.1, -0.05) is 68.9 Å². The smallest absolute Gasteiger partial charge is 0.462 e. The average molecular weight is 1480 g/mol. The fourth-order valence-electron chi connectivity index (χ4n) is 15.7. The lowest BCUT2D eigenvalue weighted by Crippen LogP contribution is -2.32. The topological polar surface area (TPSA) is 148 Å². The number of aromatic nitrogens is 2. The standard InChI is InChI=1S/C79H64BF14N3O9/c1-7-103-74(101)62-38(3)69(95-40(62)5)68(70-39(4)63(75(102)104-8-2)41(6)97(70)80(93)94)65-54(43-17-11-9-12-18-43)34-52(35-55(65)44-19-13-10-14-20-44)105-61(98)27-42-23-25-51(26-24-42)96-72(99)58-36-56(45-28-47(76(81,82)83)32-48(29-45)77(84,85)86)64-53-21-15-16-22-60(53)106-71-57(37-59(73(96)100)66(58)67(64)71)46-30-49(78(87,88)89)33-50(31-46)79(90,91)92/h15-16,21-26,28-37,43-44H,7-14,17-20,27H2,1-6H3/b69-68-. The SMILES string of the molecule is CCOC(=O)C1=C(C)/C(=C(\c2c(C3CCCCC3)cc(OC(=O)Cc3ccc(-n4c(=O)c5cc(-c6cc(C(F)(F)F)cc(C(F)(F)F)c6)c6oc7ccccc7c7c(-c8cc(C(F)(F)F)cc(C(F)(F)F)c8)cc(c4=O)c5c67)cc3)cc2C2CCCCC2)c2c(C)c(C(=O)OCC)c(C)n2B(F)F)N=C1C. The van der Waals surface area contributed by atoms with Gasteiger partial charge in [0.25, 0.3) is 11.1 Å². The number of halogens is 14. The van der Waals surface area contributed by atoms with Gasteiger partial charge in [-0.3, -0.25) is 28.0 Å². The molecule has 4 heterocycles. The van der Waals surface area contributed by atoms with Crippen molar-refractivity contribution in [3.63, 3.8) is 0 Å². The van der Waals surface area contributed by atoms with E-state index in [0.29, 0.717) is 76.8 Å². The Morgan fingerprint density at radius 1 is 0.566 bits per heavy atom. The Balaban J connectivity index is 0.979. The van der Waals surface area contributed by atoms with Gasteiger partial charge in [0.05, 0.1) is 70.1 Å². The zero-order chi connectivity index (χ0) is 76.1. The van der Waals surface area contributed by atoms with Crippen LogP contribution in [0.15, 0.2) is 145 Å². The molecule has 550 valence electrons. The third-order valence-corrected chi connectivity index (χ3v) is 20.4. The molecule has 0 spiro atoms. The Morgan fingerprint density at radius 2 is 1.06 bits per heavy atom. The van der Waals surface area contributed by atoms with Crippen LogP contribution >= 0.6 is 0 Å². The molecule has 1 aliphatic heterocycles. The van der Waals surface area contributed by atoms with Gasteiger partial charge >= 0.3 is 50.0 Å². The van der Waals surface area contributed by atoms with Gasteiger partial charge in [0.1, 0.15) is 16.9 Å². The van der Waals surface area contributed by atoms with E-state index in [0.717, 1.165) is 55.1 Å². The fraction of sp³-hybridized carbons (Fsp3) is 0.316. The molecule has 3 aliphatic rings. The molecule has 0 radical (unpaired) electrons. The first-order chi connectivity index (χ1) is 50.1. The molecule has 2 aliphatic carbocycles. The van der Waals surface area contributed by atoms with Crippen LogP contribution in [0.25, 0.3) is 77.0 Å². The van der Waals surface area contributed by atoms with Crippen molar-refractivity contribution in [1.82, 2.24) is 9.05 Å². The molecular formula is C79H64BF14N3O9. The molecule has 0 amide bonds. The lowest BCUT2D eigenvalue weighted by atomic mass is 9.73. The number of para-hydroxylation sites is 1. The zero-order valence-corrected chi connectivity index (χ0v) is 57.6. The molecule has 0 unspecified atom stereocenters. The highest BCUT2D eigenvalue weighted by Gasteiger charge is 2.43. The van der Waals surface area contributed by atoms with Crippen LogP contribution in [0.3, 0.4) is 0 Å². The Hall–Kier alpha value is -10.3. The number of alkyl halides is 12. The highest BCUT2D eigenvalue weighted by molar-refractivity contribution is 6.42. The fourth-order valence-corrected chi connectivity index (χ4v) is 15.7. The molecule has 10 aromatic rings. The molecule has 0 bridgehead atoms. The molecule has 106 heavy (non-hydrogen) atoms. The predicted octanol–water partition coefficient (Wildman–Crippen LogP) is 21.0. The minimum absolute atomic E-state index is 0.0175. The summed E-state index contributed by atoms with van der Waals surface area (Å²) in [4.78, 5) is 78.1. The minimum atomic E-state index is -5.43. The summed E-state index contributed by atoms with van der Waals surface area (Å²) >= 11 is 0. The zero-order valence-electron chi connectivity index (χ0n) is 57.6. The second-order valence-corrected chi connectivity index (χ2v) is 26.9.